The highest BCUT2D eigenvalue weighted by Crippen LogP contribution is 2.35. The average Bonchev–Trinajstić information content (AvgIpc) is 2.50. The summed E-state index contributed by atoms with van der Waals surface area (Å²) >= 11 is 10.4. The van der Waals surface area contributed by atoms with Crippen molar-refractivity contribution in [3.63, 3.8) is 0 Å². The van der Waals surface area contributed by atoms with Crippen molar-refractivity contribution in [1.82, 2.24) is 0 Å². The second kappa shape index (κ2) is 9.01. The first-order valence-corrected chi connectivity index (χ1v) is 9.89. The summed E-state index contributed by atoms with van der Waals surface area (Å²) in [5, 5.41) is 4.19. The van der Waals surface area contributed by atoms with E-state index in [4.69, 9.17) is 9.47 Å². The van der Waals surface area contributed by atoms with Crippen molar-refractivity contribution in [2.45, 2.75) is 12.8 Å². The van der Waals surface area contributed by atoms with Crippen LogP contribution in [-0.4, -0.2) is 23.9 Å². The number of hydrogen-bond acceptors (Lipinski definition) is 2. The Balaban J connectivity index is 2.15. The van der Waals surface area contributed by atoms with Crippen LogP contribution in [0.25, 0.3) is 10.8 Å². The SMILES string of the molecule is BrCCCOc1ccc2c(Br)c(OCCCBr)ccc2c1. The molecule has 0 heterocycles. The van der Waals surface area contributed by atoms with E-state index >= 15 is 0 Å². The van der Waals surface area contributed by atoms with Gasteiger partial charge in [0.2, 0.25) is 0 Å². The van der Waals surface area contributed by atoms with E-state index in [2.05, 4.69) is 66.0 Å². The Labute approximate surface area is 150 Å². The second-order valence-electron chi connectivity index (χ2n) is 4.54. The van der Waals surface area contributed by atoms with Gasteiger partial charge < -0.3 is 9.47 Å². The minimum Gasteiger partial charge on any atom is -0.494 e. The summed E-state index contributed by atoms with van der Waals surface area (Å²) < 4.78 is 12.5. The fourth-order valence-electron chi connectivity index (χ4n) is 1.93. The van der Waals surface area contributed by atoms with Crippen molar-refractivity contribution in [1.29, 1.82) is 0 Å². The van der Waals surface area contributed by atoms with Crippen molar-refractivity contribution in [3.8, 4) is 11.5 Å². The van der Waals surface area contributed by atoms with Crippen LogP contribution in [0.15, 0.2) is 34.8 Å². The van der Waals surface area contributed by atoms with Crippen LogP contribution in [0.5, 0.6) is 11.5 Å². The number of ether oxygens (including phenoxy) is 2. The van der Waals surface area contributed by atoms with Gasteiger partial charge in [-0.3, -0.25) is 0 Å². The van der Waals surface area contributed by atoms with Gasteiger partial charge in [-0.1, -0.05) is 37.9 Å². The number of alkyl halides is 2. The summed E-state index contributed by atoms with van der Waals surface area (Å²) in [5.74, 6) is 1.79. The first kappa shape index (κ1) is 17.1. The largest absolute Gasteiger partial charge is 0.494 e. The van der Waals surface area contributed by atoms with Crippen LogP contribution in [0.3, 0.4) is 0 Å². The fraction of sp³-hybridized carbons (Fsp3) is 0.375. The van der Waals surface area contributed by atoms with Gasteiger partial charge in [-0.2, -0.15) is 0 Å². The van der Waals surface area contributed by atoms with Crippen molar-refractivity contribution >= 4 is 58.6 Å². The lowest BCUT2D eigenvalue weighted by molar-refractivity contribution is 0.317. The molecule has 0 amide bonds. The molecule has 0 radical (unpaired) electrons. The molecule has 0 aromatic heterocycles. The van der Waals surface area contributed by atoms with Crippen LogP contribution in [0.1, 0.15) is 12.8 Å². The summed E-state index contributed by atoms with van der Waals surface area (Å²) in [4.78, 5) is 0. The molecule has 2 nitrogen and oxygen atoms in total. The monoisotopic (exact) mass is 478 g/mol. The lowest BCUT2D eigenvalue weighted by Crippen LogP contribution is -1.99. The highest BCUT2D eigenvalue weighted by molar-refractivity contribution is 9.10. The van der Waals surface area contributed by atoms with Gasteiger partial charge in [-0.05, 0) is 63.8 Å². The Bertz CT molecular complexity index is 587. The lowest BCUT2D eigenvalue weighted by Gasteiger charge is -2.11. The van der Waals surface area contributed by atoms with E-state index in [-0.39, 0.29) is 0 Å². The predicted octanol–water partition coefficient (Wildman–Crippen LogP) is 5.93. The summed E-state index contributed by atoms with van der Waals surface area (Å²) in [5.41, 5.74) is 0. The molecule has 0 atom stereocenters. The predicted molar refractivity (Wildman–Crippen MR) is 99.5 cm³/mol. The highest BCUT2D eigenvalue weighted by Gasteiger charge is 2.07. The first-order valence-electron chi connectivity index (χ1n) is 6.86. The minimum atomic E-state index is 0.711. The van der Waals surface area contributed by atoms with Crippen molar-refractivity contribution in [2.24, 2.45) is 0 Å². The topological polar surface area (TPSA) is 18.5 Å². The number of fused-ring (bicyclic) bond motifs is 1. The molecule has 0 saturated heterocycles. The van der Waals surface area contributed by atoms with E-state index < -0.39 is 0 Å². The molecule has 2 rings (SSSR count). The zero-order valence-corrected chi connectivity index (χ0v) is 16.3. The van der Waals surface area contributed by atoms with Gasteiger partial charge in [-0.25, -0.2) is 0 Å². The Morgan fingerprint density at radius 3 is 2.29 bits per heavy atom. The molecule has 0 saturated carbocycles. The van der Waals surface area contributed by atoms with Gasteiger partial charge in [0.25, 0.3) is 0 Å². The van der Waals surface area contributed by atoms with Crippen LogP contribution >= 0.6 is 47.8 Å². The molecule has 0 unspecified atom stereocenters. The molecule has 5 heteroatoms. The maximum Gasteiger partial charge on any atom is 0.134 e. The Hall–Kier alpha value is -0.260. The van der Waals surface area contributed by atoms with Crippen molar-refractivity contribution in [3.05, 3.63) is 34.8 Å². The zero-order chi connectivity index (χ0) is 15.1. The quantitative estimate of drug-likeness (QED) is 0.344. The van der Waals surface area contributed by atoms with E-state index in [0.717, 1.165) is 56.9 Å². The molecule has 0 N–H and O–H groups in total. The maximum atomic E-state index is 5.78. The lowest BCUT2D eigenvalue weighted by atomic mass is 10.1. The van der Waals surface area contributed by atoms with Gasteiger partial charge in [0.05, 0.1) is 17.7 Å². The molecule has 0 spiro atoms. The third-order valence-corrected chi connectivity index (χ3v) is 4.91. The molecule has 21 heavy (non-hydrogen) atoms. The van der Waals surface area contributed by atoms with E-state index in [1.165, 1.54) is 0 Å². The van der Waals surface area contributed by atoms with Crippen molar-refractivity contribution < 1.29 is 9.47 Å². The summed E-state index contributed by atoms with van der Waals surface area (Å²) in [6.07, 6.45) is 1.99. The van der Waals surface area contributed by atoms with E-state index in [1.807, 2.05) is 12.1 Å². The highest BCUT2D eigenvalue weighted by atomic mass is 79.9. The van der Waals surface area contributed by atoms with Gasteiger partial charge in [0.1, 0.15) is 11.5 Å². The smallest absolute Gasteiger partial charge is 0.134 e. The van der Waals surface area contributed by atoms with E-state index in [0.29, 0.717) is 6.61 Å². The third kappa shape index (κ3) is 4.86. The molecule has 0 bridgehead atoms. The Kier molecular flexibility index (Phi) is 7.34. The average molecular weight is 481 g/mol. The first-order chi connectivity index (χ1) is 10.3. The van der Waals surface area contributed by atoms with Gasteiger partial charge in [-0.15, -0.1) is 0 Å². The Morgan fingerprint density at radius 1 is 0.857 bits per heavy atom. The summed E-state index contributed by atoms with van der Waals surface area (Å²) in [7, 11) is 0. The van der Waals surface area contributed by atoms with Crippen LogP contribution in [0.4, 0.5) is 0 Å². The molecular formula is C16H17Br3O2. The standard InChI is InChI=1S/C16H17Br3O2/c17-7-1-9-20-13-4-5-14-12(11-13)3-6-15(16(14)19)21-10-2-8-18/h3-6,11H,1-2,7-10H2. The molecule has 2 aromatic rings. The maximum absolute atomic E-state index is 5.78. The molecular weight excluding hydrogens is 464 g/mol. The second-order valence-corrected chi connectivity index (χ2v) is 6.92. The number of halogens is 3. The molecule has 0 aliphatic rings. The van der Waals surface area contributed by atoms with Crippen molar-refractivity contribution in [2.75, 3.05) is 23.9 Å². The van der Waals surface area contributed by atoms with Crippen LogP contribution in [0.2, 0.25) is 0 Å². The number of hydrogen-bond donors (Lipinski definition) is 0. The number of rotatable bonds is 8. The Morgan fingerprint density at radius 2 is 1.57 bits per heavy atom. The molecule has 0 aliphatic carbocycles. The normalized spacial score (nSPS) is 10.8. The molecule has 2 aromatic carbocycles. The minimum absolute atomic E-state index is 0.711. The van der Waals surface area contributed by atoms with Gasteiger partial charge in [0, 0.05) is 10.7 Å². The zero-order valence-electron chi connectivity index (χ0n) is 11.6. The number of benzene rings is 2. The molecule has 0 aliphatic heterocycles. The van der Waals surface area contributed by atoms with Gasteiger partial charge in [0.15, 0.2) is 0 Å². The van der Waals surface area contributed by atoms with E-state index in [9.17, 15) is 0 Å². The molecule has 0 fully saturated rings. The van der Waals surface area contributed by atoms with Gasteiger partial charge >= 0.3 is 0 Å². The summed E-state index contributed by atoms with van der Waals surface area (Å²) in [6, 6.07) is 10.2. The van der Waals surface area contributed by atoms with Crippen LogP contribution in [0, 0.1) is 0 Å². The van der Waals surface area contributed by atoms with Crippen LogP contribution < -0.4 is 9.47 Å². The van der Waals surface area contributed by atoms with Crippen LogP contribution in [-0.2, 0) is 0 Å². The van der Waals surface area contributed by atoms with E-state index in [1.54, 1.807) is 0 Å². The molecule has 114 valence electrons. The fourth-order valence-corrected chi connectivity index (χ4v) is 3.00. The summed E-state index contributed by atoms with van der Waals surface area (Å²) in [6.45, 7) is 1.44. The third-order valence-electron chi connectivity index (χ3n) is 2.97.